The number of hydrogen-bond acceptors (Lipinski definition) is 2. The van der Waals surface area contributed by atoms with Crippen molar-refractivity contribution in [3.05, 3.63) is 29.0 Å². The molecule has 0 unspecified atom stereocenters. The maximum Gasteiger partial charge on any atom is 0.417 e. The number of fused-ring (bicyclic) bond motifs is 1. The number of nitrogens with two attached hydrogens (primary N) is 1. The van der Waals surface area contributed by atoms with Crippen LogP contribution in [0.25, 0.3) is 5.65 Å². The molecule has 0 bridgehead atoms. The van der Waals surface area contributed by atoms with E-state index in [-0.39, 0.29) is 16.6 Å². The predicted molar refractivity (Wildman–Crippen MR) is 49.6 cm³/mol. The largest absolute Gasteiger partial charge is 0.417 e. The lowest BCUT2D eigenvalue weighted by Gasteiger charge is -2.06. The molecule has 80 valence electrons. The number of anilines is 1. The van der Waals surface area contributed by atoms with E-state index in [1.54, 1.807) is 0 Å². The van der Waals surface area contributed by atoms with E-state index >= 15 is 0 Å². The summed E-state index contributed by atoms with van der Waals surface area (Å²) in [7, 11) is 0. The monoisotopic (exact) mass is 235 g/mol. The van der Waals surface area contributed by atoms with Crippen molar-refractivity contribution in [2.75, 3.05) is 5.73 Å². The van der Waals surface area contributed by atoms with E-state index in [0.29, 0.717) is 0 Å². The van der Waals surface area contributed by atoms with E-state index in [0.717, 1.165) is 16.7 Å². The molecule has 0 amide bonds. The molecule has 0 aromatic carbocycles. The van der Waals surface area contributed by atoms with Gasteiger partial charge in [-0.3, -0.25) is 4.40 Å². The van der Waals surface area contributed by atoms with Gasteiger partial charge in [-0.25, -0.2) is 4.98 Å². The minimum Gasteiger partial charge on any atom is -0.381 e. The Bertz CT molecular complexity index is 518. The topological polar surface area (TPSA) is 43.3 Å². The Hall–Kier alpha value is -1.43. The molecule has 0 saturated carbocycles. The second-order valence-corrected chi connectivity index (χ2v) is 3.29. The molecule has 0 atom stereocenters. The van der Waals surface area contributed by atoms with Gasteiger partial charge < -0.3 is 5.73 Å². The van der Waals surface area contributed by atoms with Gasteiger partial charge in [0.25, 0.3) is 0 Å². The van der Waals surface area contributed by atoms with Crippen LogP contribution in [-0.2, 0) is 6.18 Å². The highest BCUT2D eigenvalue weighted by molar-refractivity contribution is 6.32. The van der Waals surface area contributed by atoms with Crippen molar-refractivity contribution in [2.45, 2.75) is 6.18 Å². The average Bonchev–Trinajstić information content (AvgIpc) is 2.41. The first-order valence-electron chi connectivity index (χ1n) is 3.90. The van der Waals surface area contributed by atoms with E-state index in [1.165, 1.54) is 6.07 Å². The van der Waals surface area contributed by atoms with Crippen LogP contribution in [0.4, 0.5) is 19.0 Å². The molecule has 0 fully saturated rings. The van der Waals surface area contributed by atoms with Gasteiger partial charge in [0.2, 0.25) is 0 Å². The standard InChI is InChI=1S/C8H5ClF3N3/c9-6-7(13)14-5-2-1-4(3-15(5)6)8(10,11)12/h1-3H,13H2. The van der Waals surface area contributed by atoms with E-state index in [4.69, 9.17) is 17.3 Å². The lowest BCUT2D eigenvalue weighted by molar-refractivity contribution is -0.137. The maximum absolute atomic E-state index is 12.3. The van der Waals surface area contributed by atoms with Crippen LogP contribution in [0.15, 0.2) is 18.3 Å². The van der Waals surface area contributed by atoms with Crippen LogP contribution in [0.2, 0.25) is 5.15 Å². The van der Waals surface area contributed by atoms with Crippen LogP contribution >= 0.6 is 11.6 Å². The number of rotatable bonds is 0. The van der Waals surface area contributed by atoms with Gasteiger partial charge in [0, 0.05) is 6.20 Å². The second kappa shape index (κ2) is 3.03. The summed E-state index contributed by atoms with van der Waals surface area (Å²) < 4.78 is 38.1. The molecular weight excluding hydrogens is 231 g/mol. The van der Waals surface area contributed by atoms with Gasteiger partial charge in [-0.2, -0.15) is 13.2 Å². The van der Waals surface area contributed by atoms with E-state index < -0.39 is 11.7 Å². The van der Waals surface area contributed by atoms with Crippen molar-refractivity contribution in [1.29, 1.82) is 0 Å². The molecule has 2 N–H and O–H groups in total. The minimum atomic E-state index is -4.41. The SMILES string of the molecule is Nc1nc2ccc(C(F)(F)F)cn2c1Cl. The van der Waals surface area contributed by atoms with Crippen molar-refractivity contribution >= 4 is 23.1 Å². The Kier molecular flexibility index (Phi) is 2.04. The summed E-state index contributed by atoms with van der Waals surface area (Å²) in [5, 5.41) is -0.0175. The summed E-state index contributed by atoms with van der Waals surface area (Å²) in [6.07, 6.45) is -3.54. The molecule has 3 nitrogen and oxygen atoms in total. The van der Waals surface area contributed by atoms with Crippen LogP contribution < -0.4 is 5.73 Å². The van der Waals surface area contributed by atoms with Gasteiger partial charge in [-0.05, 0) is 12.1 Å². The number of nitrogen functional groups attached to an aromatic ring is 1. The molecule has 0 aliphatic heterocycles. The molecule has 7 heteroatoms. The zero-order valence-electron chi connectivity index (χ0n) is 7.22. The molecule has 0 saturated heterocycles. The molecule has 2 aromatic heterocycles. The maximum atomic E-state index is 12.3. The van der Waals surface area contributed by atoms with Crippen molar-refractivity contribution in [3.8, 4) is 0 Å². The molecule has 2 heterocycles. The summed E-state index contributed by atoms with van der Waals surface area (Å²) in [5.74, 6) is 0.0102. The number of hydrogen-bond donors (Lipinski definition) is 1. The number of pyridine rings is 1. The smallest absolute Gasteiger partial charge is 0.381 e. The molecule has 0 spiro atoms. The van der Waals surface area contributed by atoms with E-state index in [2.05, 4.69) is 4.98 Å². The second-order valence-electron chi connectivity index (χ2n) is 2.93. The average molecular weight is 236 g/mol. The first kappa shape index (κ1) is 10.1. The first-order valence-corrected chi connectivity index (χ1v) is 4.27. The van der Waals surface area contributed by atoms with Crippen molar-refractivity contribution in [3.63, 3.8) is 0 Å². The number of imidazole rings is 1. The number of nitrogens with zero attached hydrogens (tertiary/aromatic N) is 2. The van der Waals surface area contributed by atoms with Gasteiger partial charge in [-0.15, -0.1) is 0 Å². The zero-order valence-corrected chi connectivity index (χ0v) is 7.97. The Morgan fingerprint density at radius 2 is 2.00 bits per heavy atom. The quantitative estimate of drug-likeness (QED) is 0.763. The molecule has 0 aliphatic rings. The summed E-state index contributed by atoms with van der Waals surface area (Å²) in [6, 6.07) is 2.14. The van der Waals surface area contributed by atoms with Gasteiger partial charge in [0.1, 0.15) is 5.65 Å². The molecule has 2 aromatic rings. The van der Waals surface area contributed by atoms with Gasteiger partial charge in [-0.1, -0.05) is 11.6 Å². The van der Waals surface area contributed by atoms with Crippen molar-refractivity contribution < 1.29 is 13.2 Å². The number of alkyl halides is 3. The Labute approximate surface area is 87.3 Å². The van der Waals surface area contributed by atoms with Crippen LogP contribution in [-0.4, -0.2) is 9.38 Å². The van der Waals surface area contributed by atoms with Crippen LogP contribution in [0, 0.1) is 0 Å². The minimum absolute atomic E-state index is 0.0102. The lowest BCUT2D eigenvalue weighted by Crippen LogP contribution is -2.06. The lowest BCUT2D eigenvalue weighted by atomic mass is 10.3. The third-order valence-electron chi connectivity index (χ3n) is 1.91. The Balaban J connectivity index is 2.70. The normalized spacial score (nSPS) is 12.3. The van der Waals surface area contributed by atoms with Crippen molar-refractivity contribution in [2.24, 2.45) is 0 Å². The predicted octanol–water partition coefficient (Wildman–Crippen LogP) is 2.59. The van der Waals surface area contributed by atoms with Crippen LogP contribution in [0.3, 0.4) is 0 Å². The fraction of sp³-hybridized carbons (Fsp3) is 0.125. The summed E-state index contributed by atoms with van der Waals surface area (Å²) in [6.45, 7) is 0. The van der Waals surface area contributed by atoms with E-state index in [9.17, 15) is 13.2 Å². The van der Waals surface area contributed by atoms with E-state index in [1.807, 2.05) is 0 Å². The summed E-state index contributed by atoms with van der Waals surface area (Å²) in [5.41, 5.74) is 4.85. The highest BCUT2D eigenvalue weighted by Crippen LogP contribution is 2.30. The number of aromatic nitrogens is 2. The third-order valence-corrected chi connectivity index (χ3v) is 2.29. The molecular formula is C8H5ClF3N3. The fourth-order valence-corrected chi connectivity index (χ4v) is 1.38. The van der Waals surface area contributed by atoms with Gasteiger partial charge >= 0.3 is 6.18 Å². The van der Waals surface area contributed by atoms with Gasteiger partial charge in [0.15, 0.2) is 11.0 Å². The summed E-state index contributed by atoms with van der Waals surface area (Å²) >= 11 is 5.67. The zero-order chi connectivity index (χ0) is 11.2. The molecule has 0 radical (unpaired) electrons. The number of halogens is 4. The Morgan fingerprint density at radius 3 is 2.60 bits per heavy atom. The molecule has 2 rings (SSSR count). The molecule has 15 heavy (non-hydrogen) atoms. The van der Waals surface area contributed by atoms with Crippen LogP contribution in [0.1, 0.15) is 5.56 Å². The fourth-order valence-electron chi connectivity index (χ4n) is 1.20. The Morgan fingerprint density at radius 1 is 1.33 bits per heavy atom. The van der Waals surface area contributed by atoms with Gasteiger partial charge in [0.05, 0.1) is 5.56 Å². The van der Waals surface area contributed by atoms with Crippen LogP contribution in [0.5, 0.6) is 0 Å². The summed E-state index contributed by atoms with van der Waals surface area (Å²) in [4.78, 5) is 3.78. The molecule has 0 aliphatic carbocycles. The first-order chi connectivity index (χ1) is 6.89. The highest BCUT2D eigenvalue weighted by atomic mass is 35.5. The third kappa shape index (κ3) is 1.61. The highest BCUT2D eigenvalue weighted by Gasteiger charge is 2.31. The van der Waals surface area contributed by atoms with Crippen molar-refractivity contribution in [1.82, 2.24) is 9.38 Å².